The number of likely N-dealkylation sites (N-methyl/N-ethyl adjacent to an activating group) is 1. The molecular formula is C15H21N3O2S. The molecule has 1 aromatic rings. The number of carbonyl (C=O) groups is 1. The van der Waals surface area contributed by atoms with E-state index in [-0.39, 0.29) is 11.9 Å². The van der Waals surface area contributed by atoms with E-state index in [0.29, 0.717) is 17.4 Å². The number of carbonyl (C=O) groups excluding carboxylic acids is 1. The van der Waals surface area contributed by atoms with E-state index in [4.69, 9.17) is 17.0 Å². The van der Waals surface area contributed by atoms with E-state index in [0.717, 1.165) is 5.69 Å². The van der Waals surface area contributed by atoms with Gasteiger partial charge in [0.25, 0.3) is 5.91 Å². The van der Waals surface area contributed by atoms with Crippen LogP contribution in [0.2, 0.25) is 0 Å². The zero-order valence-electron chi connectivity index (χ0n) is 12.8. The van der Waals surface area contributed by atoms with E-state index in [1.165, 1.54) is 4.90 Å². The summed E-state index contributed by atoms with van der Waals surface area (Å²) in [4.78, 5) is 15.7. The Morgan fingerprint density at radius 2 is 2.10 bits per heavy atom. The minimum Gasteiger partial charge on any atom is -0.476 e. The number of para-hydroxylation sites is 2. The Morgan fingerprint density at radius 3 is 2.71 bits per heavy atom. The predicted octanol–water partition coefficient (Wildman–Crippen LogP) is 1.63. The molecule has 0 radical (unpaired) electrons. The van der Waals surface area contributed by atoms with E-state index in [2.05, 4.69) is 5.32 Å². The molecule has 1 heterocycles. The lowest BCUT2D eigenvalue weighted by atomic mass is 10.2. The van der Waals surface area contributed by atoms with Crippen LogP contribution in [-0.4, -0.2) is 48.7 Å². The number of nitrogens with zero attached hydrogens (tertiary/aromatic N) is 2. The molecule has 1 aliphatic rings. The van der Waals surface area contributed by atoms with Gasteiger partial charge in [-0.15, -0.1) is 0 Å². The molecule has 0 aromatic heterocycles. The molecule has 0 saturated heterocycles. The monoisotopic (exact) mass is 307 g/mol. The summed E-state index contributed by atoms with van der Waals surface area (Å²) >= 11 is 5.47. The first-order valence-electron chi connectivity index (χ1n) is 6.95. The molecule has 1 aliphatic heterocycles. The number of benzene rings is 1. The Labute approximate surface area is 130 Å². The van der Waals surface area contributed by atoms with Crippen LogP contribution in [0.1, 0.15) is 13.8 Å². The number of thiocarbonyl (C=S) groups is 1. The van der Waals surface area contributed by atoms with Crippen molar-refractivity contribution in [2.24, 2.45) is 0 Å². The molecule has 114 valence electrons. The number of rotatable bonds is 2. The third-order valence-corrected chi connectivity index (χ3v) is 3.49. The summed E-state index contributed by atoms with van der Waals surface area (Å²) in [5, 5.41) is 3.83. The maximum atomic E-state index is 12.2. The molecule has 6 heteroatoms. The Kier molecular flexibility index (Phi) is 4.67. The normalized spacial score (nSPS) is 17.0. The average Bonchev–Trinajstić information content (AvgIpc) is 2.44. The summed E-state index contributed by atoms with van der Waals surface area (Å²) in [6.07, 6.45) is -0.554. The van der Waals surface area contributed by atoms with E-state index in [9.17, 15) is 4.79 Å². The Hall–Kier alpha value is -1.82. The molecule has 5 nitrogen and oxygen atoms in total. The van der Waals surface area contributed by atoms with Gasteiger partial charge in [-0.3, -0.25) is 4.79 Å². The first kappa shape index (κ1) is 15.6. The molecule has 1 aromatic carbocycles. The Bertz CT molecular complexity index is 545. The van der Waals surface area contributed by atoms with Crippen molar-refractivity contribution in [1.82, 2.24) is 10.2 Å². The van der Waals surface area contributed by atoms with Crippen LogP contribution in [0.5, 0.6) is 5.75 Å². The molecule has 0 spiro atoms. The second kappa shape index (κ2) is 6.30. The highest BCUT2D eigenvalue weighted by Crippen LogP contribution is 2.33. The van der Waals surface area contributed by atoms with Gasteiger partial charge >= 0.3 is 0 Å². The van der Waals surface area contributed by atoms with Crippen molar-refractivity contribution in [1.29, 1.82) is 0 Å². The van der Waals surface area contributed by atoms with Gasteiger partial charge in [-0.05, 0) is 38.2 Å². The van der Waals surface area contributed by atoms with Crippen LogP contribution in [-0.2, 0) is 4.79 Å². The largest absolute Gasteiger partial charge is 0.476 e. The molecule has 0 aliphatic carbocycles. The van der Waals surface area contributed by atoms with E-state index in [1.807, 2.05) is 43.0 Å². The molecule has 2 rings (SSSR count). The Morgan fingerprint density at radius 1 is 1.43 bits per heavy atom. The highest BCUT2D eigenvalue weighted by atomic mass is 32.1. The van der Waals surface area contributed by atoms with Crippen molar-refractivity contribution in [2.45, 2.75) is 26.0 Å². The van der Waals surface area contributed by atoms with Crippen molar-refractivity contribution >= 4 is 28.9 Å². The molecule has 21 heavy (non-hydrogen) atoms. The maximum absolute atomic E-state index is 12.2. The van der Waals surface area contributed by atoms with Gasteiger partial charge in [0.1, 0.15) is 5.75 Å². The van der Waals surface area contributed by atoms with Gasteiger partial charge in [0.2, 0.25) is 0 Å². The molecular weight excluding hydrogens is 286 g/mol. The molecule has 1 unspecified atom stereocenters. The van der Waals surface area contributed by atoms with E-state index in [1.54, 1.807) is 14.1 Å². The van der Waals surface area contributed by atoms with Gasteiger partial charge < -0.3 is 19.9 Å². The molecule has 0 saturated carbocycles. The van der Waals surface area contributed by atoms with Crippen LogP contribution < -0.4 is 15.0 Å². The van der Waals surface area contributed by atoms with Gasteiger partial charge in [-0.2, -0.15) is 0 Å². The number of hydrogen-bond acceptors (Lipinski definition) is 3. The average molecular weight is 307 g/mol. The third-order valence-electron chi connectivity index (χ3n) is 3.15. The smallest absolute Gasteiger partial charge is 0.265 e. The lowest BCUT2D eigenvalue weighted by Gasteiger charge is -2.37. The number of hydrogen-bond donors (Lipinski definition) is 1. The third kappa shape index (κ3) is 3.44. The van der Waals surface area contributed by atoms with E-state index >= 15 is 0 Å². The second-order valence-corrected chi connectivity index (χ2v) is 5.91. The van der Waals surface area contributed by atoms with Crippen molar-refractivity contribution in [3.05, 3.63) is 24.3 Å². The fourth-order valence-corrected chi connectivity index (χ4v) is 2.58. The second-order valence-electron chi connectivity index (χ2n) is 5.52. The van der Waals surface area contributed by atoms with Crippen molar-refractivity contribution < 1.29 is 9.53 Å². The number of amides is 1. The summed E-state index contributed by atoms with van der Waals surface area (Å²) in [5.41, 5.74) is 0.887. The van der Waals surface area contributed by atoms with Crippen LogP contribution in [0.15, 0.2) is 24.3 Å². The maximum Gasteiger partial charge on any atom is 0.265 e. The fraction of sp³-hybridized carbons (Fsp3) is 0.467. The standard InChI is InChI=1S/C15H21N3O2S/c1-10(2)16-15(21)18-9-13(14(19)17(3)4)20-12-8-6-5-7-11(12)18/h5-8,10,13H,9H2,1-4H3,(H,16,21). The summed E-state index contributed by atoms with van der Waals surface area (Å²) < 4.78 is 5.82. The molecule has 1 atom stereocenters. The van der Waals surface area contributed by atoms with Gasteiger partial charge in [-0.25, -0.2) is 0 Å². The first-order valence-corrected chi connectivity index (χ1v) is 7.36. The molecule has 0 fully saturated rings. The zero-order valence-corrected chi connectivity index (χ0v) is 13.6. The van der Waals surface area contributed by atoms with Crippen LogP contribution in [0.25, 0.3) is 0 Å². The topological polar surface area (TPSA) is 44.8 Å². The lowest BCUT2D eigenvalue weighted by Crippen LogP contribution is -2.53. The number of ether oxygens (including phenoxy) is 1. The van der Waals surface area contributed by atoms with Crippen molar-refractivity contribution in [2.75, 3.05) is 25.5 Å². The SMILES string of the molecule is CC(C)NC(=S)N1CC(C(=O)N(C)C)Oc2ccccc21. The minimum absolute atomic E-state index is 0.0677. The fourth-order valence-electron chi connectivity index (χ4n) is 2.17. The van der Waals surface area contributed by atoms with Crippen LogP contribution in [0.4, 0.5) is 5.69 Å². The number of nitrogens with one attached hydrogen (secondary N) is 1. The summed E-state index contributed by atoms with van der Waals surface area (Å²) in [6, 6.07) is 7.85. The van der Waals surface area contributed by atoms with Crippen LogP contribution in [0, 0.1) is 0 Å². The quantitative estimate of drug-likeness (QED) is 0.841. The number of fused-ring (bicyclic) bond motifs is 1. The van der Waals surface area contributed by atoms with Crippen LogP contribution in [0.3, 0.4) is 0 Å². The zero-order chi connectivity index (χ0) is 15.6. The van der Waals surface area contributed by atoms with Gasteiger partial charge in [0.15, 0.2) is 11.2 Å². The lowest BCUT2D eigenvalue weighted by molar-refractivity contribution is -0.135. The summed E-state index contributed by atoms with van der Waals surface area (Å²) in [7, 11) is 3.45. The van der Waals surface area contributed by atoms with Crippen molar-refractivity contribution in [3.8, 4) is 5.75 Å². The van der Waals surface area contributed by atoms with E-state index < -0.39 is 6.10 Å². The van der Waals surface area contributed by atoms with Gasteiger partial charge in [0, 0.05) is 20.1 Å². The van der Waals surface area contributed by atoms with Crippen molar-refractivity contribution in [3.63, 3.8) is 0 Å². The highest BCUT2D eigenvalue weighted by Gasteiger charge is 2.33. The molecule has 0 bridgehead atoms. The predicted molar refractivity (Wildman–Crippen MR) is 87.8 cm³/mol. The number of anilines is 1. The van der Waals surface area contributed by atoms with Crippen LogP contribution >= 0.6 is 12.2 Å². The molecule has 1 N–H and O–H groups in total. The summed E-state index contributed by atoms with van der Waals surface area (Å²) in [6.45, 7) is 4.47. The van der Waals surface area contributed by atoms with Gasteiger partial charge in [-0.1, -0.05) is 12.1 Å². The Balaban J connectivity index is 2.30. The summed E-state index contributed by atoms with van der Waals surface area (Å²) in [5.74, 6) is 0.610. The minimum atomic E-state index is -0.554. The highest BCUT2D eigenvalue weighted by molar-refractivity contribution is 7.80. The first-order chi connectivity index (χ1) is 9.90. The van der Waals surface area contributed by atoms with Gasteiger partial charge in [0.05, 0.1) is 12.2 Å². The molecule has 1 amide bonds.